The molecule has 1 N–H and O–H groups in total. The van der Waals surface area contributed by atoms with E-state index in [1.807, 2.05) is 36.4 Å². The van der Waals surface area contributed by atoms with Gasteiger partial charge >= 0.3 is 0 Å². The predicted molar refractivity (Wildman–Crippen MR) is 97.4 cm³/mol. The van der Waals surface area contributed by atoms with Crippen LogP contribution in [0.15, 0.2) is 47.4 Å². The summed E-state index contributed by atoms with van der Waals surface area (Å²) in [6.07, 6.45) is 2.46. The van der Waals surface area contributed by atoms with E-state index in [1.165, 1.54) is 0 Å². The molecular formula is C20H18N4O. The first-order valence-corrected chi connectivity index (χ1v) is 8.40. The monoisotopic (exact) mass is 330 g/mol. The molecule has 4 rings (SSSR count). The summed E-state index contributed by atoms with van der Waals surface area (Å²) in [4.78, 5) is 21.7. The van der Waals surface area contributed by atoms with Gasteiger partial charge in [0.25, 0.3) is 5.56 Å². The fraction of sp³-hybridized carbons (Fsp3) is 0.250. The van der Waals surface area contributed by atoms with Gasteiger partial charge in [0, 0.05) is 37.3 Å². The molecule has 5 heteroatoms. The summed E-state index contributed by atoms with van der Waals surface area (Å²) < 4.78 is 1.79. The second-order valence-electron chi connectivity index (χ2n) is 6.24. The van der Waals surface area contributed by atoms with Crippen molar-refractivity contribution in [2.24, 2.45) is 0 Å². The molecule has 3 aromatic rings. The fourth-order valence-corrected chi connectivity index (χ4v) is 3.07. The van der Waals surface area contributed by atoms with Gasteiger partial charge in [0.2, 0.25) is 0 Å². The molecule has 0 bridgehead atoms. The fourth-order valence-electron chi connectivity index (χ4n) is 3.07. The lowest BCUT2D eigenvalue weighted by atomic mass is 10.1. The Morgan fingerprint density at radius 2 is 2.16 bits per heavy atom. The van der Waals surface area contributed by atoms with Crippen LogP contribution in [0.3, 0.4) is 0 Å². The lowest BCUT2D eigenvalue weighted by molar-refractivity contribution is 0.556. The first-order valence-electron chi connectivity index (χ1n) is 8.40. The second kappa shape index (κ2) is 6.50. The van der Waals surface area contributed by atoms with Gasteiger partial charge in [-0.2, -0.15) is 0 Å². The summed E-state index contributed by atoms with van der Waals surface area (Å²) in [6, 6.07) is 11.5. The minimum atomic E-state index is 0.0279. The predicted octanol–water partition coefficient (Wildman–Crippen LogP) is 1.73. The first kappa shape index (κ1) is 15.6. The first-order chi connectivity index (χ1) is 12.2. The van der Waals surface area contributed by atoms with Gasteiger partial charge in [-0.25, -0.2) is 9.97 Å². The largest absolute Gasteiger partial charge is 0.312 e. The molecule has 0 aliphatic carbocycles. The van der Waals surface area contributed by atoms with E-state index >= 15 is 0 Å². The van der Waals surface area contributed by atoms with E-state index in [9.17, 15) is 4.79 Å². The number of benzene rings is 1. The maximum Gasteiger partial charge on any atom is 0.261 e. The molecule has 1 aliphatic rings. The standard InChI is InChI=1S/C20H18N4O/c1-14-12-19-23-18-13-15(5-7-16-4-2-3-9-22-16)6-8-17(18)20(25)24(19)11-10-21-14/h2-4,6,8-9,13-14,21H,10-12H2,1H3. The summed E-state index contributed by atoms with van der Waals surface area (Å²) in [6.45, 7) is 3.55. The minimum absolute atomic E-state index is 0.0279. The van der Waals surface area contributed by atoms with Gasteiger partial charge in [0.05, 0.1) is 10.9 Å². The second-order valence-corrected chi connectivity index (χ2v) is 6.24. The topological polar surface area (TPSA) is 59.8 Å². The van der Waals surface area contributed by atoms with Gasteiger partial charge in [-0.15, -0.1) is 0 Å². The highest BCUT2D eigenvalue weighted by molar-refractivity contribution is 5.79. The number of rotatable bonds is 0. The van der Waals surface area contributed by atoms with Gasteiger partial charge in [-0.1, -0.05) is 12.0 Å². The number of nitrogens with zero attached hydrogens (tertiary/aromatic N) is 3. The third-order valence-corrected chi connectivity index (χ3v) is 4.35. The lowest BCUT2D eigenvalue weighted by Crippen LogP contribution is -2.27. The zero-order valence-corrected chi connectivity index (χ0v) is 14.0. The highest BCUT2D eigenvalue weighted by atomic mass is 16.1. The Balaban J connectivity index is 1.79. The van der Waals surface area contributed by atoms with Crippen LogP contribution in [0.4, 0.5) is 0 Å². The van der Waals surface area contributed by atoms with Crippen LogP contribution in [-0.4, -0.2) is 27.1 Å². The van der Waals surface area contributed by atoms with E-state index in [1.54, 1.807) is 10.8 Å². The molecule has 1 unspecified atom stereocenters. The Hall–Kier alpha value is -2.97. The summed E-state index contributed by atoms with van der Waals surface area (Å²) in [5.41, 5.74) is 2.28. The van der Waals surface area contributed by atoms with Crippen LogP contribution in [-0.2, 0) is 13.0 Å². The van der Waals surface area contributed by atoms with Gasteiger partial charge in [0.1, 0.15) is 11.5 Å². The smallest absolute Gasteiger partial charge is 0.261 e. The number of nitrogens with one attached hydrogen (secondary N) is 1. The molecule has 3 heterocycles. The zero-order valence-electron chi connectivity index (χ0n) is 14.0. The molecule has 0 amide bonds. The van der Waals surface area contributed by atoms with Gasteiger partial charge in [-0.05, 0) is 43.2 Å². The SMILES string of the molecule is CC1Cc2nc3cc(C#Cc4ccccn4)ccc3c(=O)n2CCN1. The molecule has 0 saturated carbocycles. The number of fused-ring (bicyclic) bond motifs is 2. The van der Waals surface area contributed by atoms with Gasteiger partial charge in [-0.3, -0.25) is 9.36 Å². The molecule has 25 heavy (non-hydrogen) atoms. The van der Waals surface area contributed by atoms with E-state index in [4.69, 9.17) is 4.98 Å². The molecule has 0 fully saturated rings. The maximum atomic E-state index is 12.8. The van der Waals surface area contributed by atoms with E-state index in [2.05, 4.69) is 29.1 Å². The van der Waals surface area contributed by atoms with Gasteiger partial charge < -0.3 is 5.32 Å². The average Bonchev–Trinajstić information content (AvgIpc) is 2.82. The molecule has 0 saturated heterocycles. The number of hydrogen-bond donors (Lipinski definition) is 1. The van der Waals surface area contributed by atoms with E-state index in [0.29, 0.717) is 23.5 Å². The highest BCUT2D eigenvalue weighted by Gasteiger charge is 2.16. The Labute approximate surface area is 145 Å². The van der Waals surface area contributed by atoms with Crippen molar-refractivity contribution < 1.29 is 0 Å². The third-order valence-electron chi connectivity index (χ3n) is 4.35. The van der Waals surface area contributed by atoms with Crippen molar-refractivity contribution in [3.8, 4) is 11.8 Å². The van der Waals surface area contributed by atoms with E-state index < -0.39 is 0 Å². The van der Waals surface area contributed by atoms with Crippen LogP contribution in [0, 0.1) is 11.8 Å². The average molecular weight is 330 g/mol. The van der Waals surface area contributed by atoms with E-state index in [-0.39, 0.29) is 5.56 Å². The molecule has 1 atom stereocenters. The summed E-state index contributed by atoms with van der Waals surface area (Å²) >= 11 is 0. The van der Waals surface area contributed by atoms with Gasteiger partial charge in [0.15, 0.2) is 0 Å². The number of hydrogen-bond acceptors (Lipinski definition) is 4. The van der Waals surface area contributed by atoms with Crippen molar-refractivity contribution in [1.29, 1.82) is 0 Å². The van der Waals surface area contributed by atoms with Crippen molar-refractivity contribution >= 4 is 10.9 Å². The molecule has 0 radical (unpaired) electrons. The molecule has 1 aromatic carbocycles. The number of aromatic nitrogens is 3. The Morgan fingerprint density at radius 1 is 1.24 bits per heavy atom. The van der Waals surface area contributed by atoms with Crippen LogP contribution in [0.5, 0.6) is 0 Å². The molecule has 1 aliphatic heterocycles. The van der Waals surface area contributed by atoms with Crippen molar-refractivity contribution in [2.45, 2.75) is 25.9 Å². The van der Waals surface area contributed by atoms with Crippen molar-refractivity contribution in [3.05, 3.63) is 70.0 Å². The molecule has 0 spiro atoms. The molecule has 2 aromatic heterocycles. The van der Waals surface area contributed by atoms with Crippen LogP contribution >= 0.6 is 0 Å². The van der Waals surface area contributed by atoms with E-state index in [0.717, 1.165) is 30.0 Å². The molecular weight excluding hydrogens is 312 g/mol. The van der Waals surface area contributed by atoms with Crippen molar-refractivity contribution in [2.75, 3.05) is 6.54 Å². The molecule has 5 nitrogen and oxygen atoms in total. The molecule has 124 valence electrons. The Kier molecular flexibility index (Phi) is 4.04. The van der Waals surface area contributed by atoms with Crippen LogP contribution < -0.4 is 10.9 Å². The lowest BCUT2D eigenvalue weighted by Gasteiger charge is -2.10. The summed E-state index contributed by atoms with van der Waals surface area (Å²) in [5.74, 6) is 6.98. The summed E-state index contributed by atoms with van der Waals surface area (Å²) in [7, 11) is 0. The van der Waals surface area contributed by atoms with Crippen molar-refractivity contribution in [1.82, 2.24) is 19.9 Å². The highest BCUT2D eigenvalue weighted by Crippen LogP contribution is 2.13. The van der Waals surface area contributed by atoms with Crippen LogP contribution in [0.1, 0.15) is 24.0 Å². The quantitative estimate of drug-likeness (QED) is 0.638. The Bertz CT molecular complexity index is 1040. The minimum Gasteiger partial charge on any atom is -0.312 e. The van der Waals surface area contributed by atoms with Crippen LogP contribution in [0.25, 0.3) is 10.9 Å². The normalized spacial score (nSPS) is 16.6. The third kappa shape index (κ3) is 3.17. The Morgan fingerprint density at radius 3 is 3.00 bits per heavy atom. The maximum absolute atomic E-state index is 12.8. The summed E-state index contributed by atoms with van der Waals surface area (Å²) in [5, 5.41) is 4.03. The zero-order chi connectivity index (χ0) is 17.2. The van der Waals surface area contributed by atoms with Crippen LogP contribution in [0.2, 0.25) is 0 Å². The van der Waals surface area contributed by atoms with Crippen molar-refractivity contribution in [3.63, 3.8) is 0 Å². The number of pyridine rings is 1.